The standard InChI is InChI=1S/C42H48F2N6O5/c1-4-30-32(43)10-9-28-22-29(52)23-31(34(28)30)37-36(44)38-35(40(45-37)53-3)39(49-16-7-20-54-21-19-49)47-41(46-38)55-25-42-13-5-8-33(42)50(15-6-14-42)24-27-11-17-48(18-12-27)26(2)51/h1,9-10,22-23,27,33,52H,5-8,11-21,24-25H2,2-3H3/t33-,42-/m1/s1. The molecular weight excluding hydrogens is 706 g/mol. The summed E-state index contributed by atoms with van der Waals surface area (Å²) >= 11 is 0. The van der Waals surface area contributed by atoms with E-state index in [1.165, 1.54) is 31.4 Å². The number of aromatic nitrogens is 3. The number of aromatic hydroxyl groups is 1. The van der Waals surface area contributed by atoms with Gasteiger partial charge in [0.15, 0.2) is 5.82 Å². The maximum Gasteiger partial charge on any atom is 0.319 e. The maximum absolute atomic E-state index is 17.3. The lowest BCUT2D eigenvalue weighted by Gasteiger charge is -2.47. The molecule has 2 aromatic heterocycles. The van der Waals surface area contributed by atoms with Crippen LogP contribution in [0.2, 0.25) is 0 Å². The van der Waals surface area contributed by atoms with E-state index in [0.29, 0.717) is 56.1 Å². The van der Waals surface area contributed by atoms with Crippen molar-refractivity contribution in [2.45, 2.75) is 64.3 Å². The van der Waals surface area contributed by atoms with Crippen molar-refractivity contribution in [1.82, 2.24) is 24.8 Å². The van der Waals surface area contributed by atoms with Gasteiger partial charge in [0.25, 0.3) is 0 Å². The van der Waals surface area contributed by atoms with Crippen molar-refractivity contribution in [2.24, 2.45) is 11.3 Å². The maximum atomic E-state index is 17.3. The van der Waals surface area contributed by atoms with E-state index >= 15 is 8.78 Å². The molecule has 1 saturated carbocycles. The molecule has 1 N–H and O–H groups in total. The number of likely N-dealkylation sites (tertiary alicyclic amines) is 2. The van der Waals surface area contributed by atoms with Gasteiger partial charge in [-0.3, -0.25) is 9.69 Å². The van der Waals surface area contributed by atoms with Gasteiger partial charge in [0.2, 0.25) is 11.8 Å². The van der Waals surface area contributed by atoms with Crippen LogP contribution in [0.25, 0.3) is 32.9 Å². The predicted octanol–water partition coefficient (Wildman–Crippen LogP) is 6.32. The summed E-state index contributed by atoms with van der Waals surface area (Å²) in [5.41, 5.74) is -0.326. The van der Waals surface area contributed by atoms with Crippen molar-refractivity contribution in [1.29, 1.82) is 0 Å². The van der Waals surface area contributed by atoms with Crippen LogP contribution < -0.4 is 14.4 Å². The van der Waals surface area contributed by atoms with Crippen LogP contribution in [0.3, 0.4) is 0 Å². The molecule has 3 aliphatic heterocycles. The van der Waals surface area contributed by atoms with Crippen molar-refractivity contribution in [3.05, 3.63) is 41.5 Å². The number of piperidine rings is 2. The highest BCUT2D eigenvalue weighted by molar-refractivity contribution is 6.04. The first-order valence-corrected chi connectivity index (χ1v) is 19.5. The van der Waals surface area contributed by atoms with Gasteiger partial charge in [0.05, 0.1) is 25.9 Å². The number of pyridine rings is 1. The molecule has 3 saturated heterocycles. The van der Waals surface area contributed by atoms with Crippen molar-refractivity contribution >= 4 is 33.4 Å². The number of ether oxygens (including phenoxy) is 3. The number of phenols is 1. The smallest absolute Gasteiger partial charge is 0.319 e. The molecule has 5 heterocycles. The first kappa shape index (κ1) is 37.1. The number of fused-ring (bicyclic) bond motifs is 3. The van der Waals surface area contributed by atoms with Crippen molar-refractivity contribution in [3.63, 3.8) is 0 Å². The Labute approximate surface area is 320 Å². The van der Waals surface area contributed by atoms with Crippen LogP contribution in [0.1, 0.15) is 63.9 Å². The number of benzene rings is 2. The molecule has 11 nitrogen and oxygen atoms in total. The van der Waals surface area contributed by atoms with Gasteiger partial charge in [-0.25, -0.2) is 13.8 Å². The van der Waals surface area contributed by atoms with E-state index in [-0.39, 0.29) is 62.1 Å². The Bertz CT molecular complexity index is 2150. The van der Waals surface area contributed by atoms with E-state index in [1.54, 1.807) is 6.92 Å². The molecule has 2 aromatic carbocycles. The summed E-state index contributed by atoms with van der Waals surface area (Å²) in [5.74, 6) is 1.98. The van der Waals surface area contributed by atoms with Crippen LogP contribution in [0.5, 0.6) is 17.6 Å². The number of nitrogens with zero attached hydrogens (tertiary/aromatic N) is 6. The van der Waals surface area contributed by atoms with E-state index in [9.17, 15) is 9.90 Å². The Hall–Kier alpha value is -4.80. The normalized spacial score (nSPS) is 22.4. The zero-order chi connectivity index (χ0) is 38.3. The largest absolute Gasteiger partial charge is 0.508 e. The van der Waals surface area contributed by atoms with E-state index in [4.69, 9.17) is 30.6 Å². The van der Waals surface area contributed by atoms with Gasteiger partial charge in [-0.05, 0) is 81.0 Å². The van der Waals surface area contributed by atoms with Gasteiger partial charge in [-0.1, -0.05) is 18.4 Å². The van der Waals surface area contributed by atoms with Gasteiger partial charge in [0.1, 0.15) is 34.0 Å². The summed E-state index contributed by atoms with van der Waals surface area (Å²) in [6.07, 6.45) is 13.8. The highest BCUT2D eigenvalue weighted by atomic mass is 19.1. The van der Waals surface area contributed by atoms with Crippen molar-refractivity contribution in [3.8, 4) is 41.2 Å². The van der Waals surface area contributed by atoms with Gasteiger partial charge < -0.3 is 29.1 Å². The van der Waals surface area contributed by atoms with Crippen molar-refractivity contribution < 1.29 is 32.9 Å². The van der Waals surface area contributed by atoms with E-state index < -0.39 is 11.6 Å². The fourth-order valence-electron chi connectivity index (χ4n) is 9.63. The summed E-state index contributed by atoms with van der Waals surface area (Å²) < 4.78 is 50.5. The summed E-state index contributed by atoms with van der Waals surface area (Å²) in [4.78, 5) is 32.9. The number of hydrogen-bond donors (Lipinski definition) is 1. The van der Waals surface area contributed by atoms with Crippen LogP contribution in [-0.4, -0.2) is 108 Å². The average Bonchev–Trinajstić information content (AvgIpc) is 3.44. The number of hydrogen-bond acceptors (Lipinski definition) is 10. The third-order valence-corrected chi connectivity index (χ3v) is 12.3. The number of amides is 1. The van der Waals surface area contributed by atoms with Crippen LogP contribution >= 0.6 is 0 Å². The third-order valence-electron chi connectivity index (χ3n) is 12.3. The highest BCUT2D eigenvalue weighted by Gasteiger charge is 2.49. The Morgan fingerprint density at radius 2 is 1.84 bits per heavy atom. The molecule has 0 radical (unpaired) electrons. The van der Waals surface area contributed by atoms with Crippen molar-refractivity contribution in [2.75, 3.05) is 71.1 Å². The molecule has 4 aliphatic rings. The number of halogens is 2. The molecular formula is C42H48F2N6O5. The Balaban J connectivity index is 1.18. The number of carbonyl (C=O) groups excluding carboxylic acids is 1. The van der Waals surface area contributed by atoms with Gasteiger partial charge in [-0.15, -0.1) is 6.42 Å². The topological polar surface area (TPSA) is 113 Å². The van der Waals surface area contributed by atoms with E-state index in [0.717, 1.165) is 77.5 Å². The molecule has 55 heavy (non-hydrogen) atoms. The minimum Gasteiger partial charge on any atom is -0.508 e. The minimum atomic E-state index is -0.800. The lowest BCUT2D eigenvalue weighted by molar-refractivity contribution is -0.130. The number of anilines is 1. The van der Waals surface area contributed by atoms with E-state index in [2.05, 4.69) is 15.8 Å². The zero-order valence-corrected chi connectivity index (χ0v) is 31.6. The van der Waals surface area contributed by atoms with Crippen LogP contribution in [0.15, 0.2) is 24.3 Å². The number of carbonyl (C=O) groups is 1. The summed E-state index contributed by atoms with van der Waals surface area (Å²) in [6.45, 7) is 7.90. The quantitative estimate of drug-likeness (QED) is 0.205. The lowest BCUT2D eigenvalue weighted by atomic mass is 9.75. The Morgan fingerprint density at radius 3 is 2.62 bits per heavy atom. The minimum absolute atomic E-state index is 0.0515. The summed E-state index contributed by atoms with van der Waals surface area (Å²) in [5, 5.41) is 11.7. The predicted molar refractivity (Wildman–Crippen MR) is 205 cm³/mol. The zero-order valence-electron chi connectivity index (χ0n) is 31.6. The SMILES string of the molecule is C#Cc1c(F)ccc2cc(O)cc(-c3nc(OC)c4c(N5CCCOCC5)nc(OC[C@]56CCC[C@H]5N(CC5CCN(C(C)=O)CC5)CCC6)nc4c3F)c12. The average molecular weight is 755 g/mol. The molecule has 1 aliphatic carbocycles. The van der Waals surface area contributed by atoms with E-state index in [1.807, 2.05) is 9.80 Å². The first-order valence-electron chi connectivity index (χ1n) is 19.5. The molecule has 4 aromatic rings. The van der Waals surface area contributed by atoms with Crippen LogP contribution in [0, 0.1) is 35.3 Å². The molecule has 1 amide bonds. The highest BCUT2D eigenvalue weighted by Crippen LogP contribution is 2.49. The number of terminal acetylenes is 1. The summed E-state index contributed by atoms with van der Waals surface area (Å²) in [6, 6.07) is 5.88. The molecule has 4 fully saturated rings. The second-order valence-corrected chi connectivity index (χ2v) is 15.6. The van der Waals surface area contributed by atoms with Crippen LogP contribution in [-0.2, 0) is 9.53 Å². The molecule has 0 spiro atoms. The number of rotatable bonds is 8. The molecule has 0 unspecified atom stereocenters. The van der Waals surface area contributed by atoms with Gasteiger partial charge >= 0.3 is 6.01 Å². The molecule has 13 heteroatoms. The monoisotopic (exact) mass is 754 g/mol. The molecule has 0 bridgehead atoms. The number of phenolic OH excluding ortho intramolecular Hbond substituents is 1. The second kappa shape index (κ2) is 15.4. The fourth-order valence-corrected chi connectivity index (χ4v) is 9.63. The molecule has 290 valence electrons. The number of methoxy groups -OCH3 is 1. The Kier molecular flexibility index (Phi) is 10.4. The lowest BCUT2D eigenvalue weighted by Crippen LogP contribution is -2.53. The Morgan fingerprint density at radius 1 is 1.02 bits per heavy atom. The second-order valence-electron chi connectivity index (χ2n) is 15.6. The molecule has 2 atom stereocenters. The fraction of sp³-hybridized carbons (Fsp3) is 0.524. The van der Waals surface area contributed by atoms with Gasteiger partial charge in [-0.2, -0.15) is 9.97 Å². The van der Waals surface area contributed by atoms with Gasteiger partial charge in [0, 0.05) is 68.7 Å². The summed E-state index contributed by atoms with van der Waals surface area (Å²) in [7, 11) is 1.44. The third kappa shape index (κ3) is 6.99. The molecule has 8 rings (SSSR count). The van der Waals surface area contributed by atoms with Crippen LogP contribution in [0.4, 0.5) is 14.6 Å². The first-order chi connectivity index (χ1) is 26.7.